The molecule has 0 saturated carbocycles. The van der Waals surface area contributed by atoms with Gasteiger partial charge in [-0.2, -0.15) is 0 Å². The number of aryl methyl sites for hydroxylation is 2. The fourth-order valence-corrected chi connectivity index (χ4v) is 9.12. The zero-order valence-corrected chi connectivity index (χ0v) is 29.3. The molecule has 3 unspecified atom stereocenters. The molecule has 3 rings (SSSR count). The lowest BCUT2D eigenvalue weighted by Gasteiger charge is -2.26. The third kappa shape index (κ3) is 8.31. The average Bonchev–Trinajstić information content (AvgIpc) is 3.06. The number of Topliss-reactive ketones (excluding diaryl/α,β-unsaturated/α-hetero) is 2. The van der Waals surface area contributed by atoms with E-state index < -0.39 is 48.6 Å². The molecule has 3 atom stereocenters. The summed E-state index contributed by atoms with van der Waals surface area (Å²) in [6.07, 6.45) is 3.84. The molecule has 0 N–H and O–H groups in total. The van der Waals surface area contributed by atoms with Gasteiger partial charge in [0.2, 0.25) is 12.7 Å². The van der Waals surface area contributed by atoms with Crippen LogP contribution in [-0.4, -0.2) is 36.0 Å². The number of ether oxygens (including phenoxy) is 1. The number of unbranched alkanes of at least 4 members (excludes halogenated alkanes) is 2. The first-order chi connectivity index (χ1) is 22.5. The number of ketones is 2. The van der Waals surface area contributed by atoms with E-state index in [2.05, 4.69) is 6.92 Å². The van der Waals surface area contributed by atoms with Crippen LogP contribution in [-0.2, 0) is 23.7 Å². The second-order valence-corrected chi connectivity index (χ2v) is 14.8. The quantitative estimate of drug-likeness (QED) is 0.0347. The minimum absolute atomic E-state index is 0.0241. The van der Waals surface area contributed by atoms with Gasteiger partial charge in [-0.3, -0.25) is 19.2 Å². The topological polar surface area (TPSA) is 112 Å². The average molecular weight is 659 g/mol. The first-order valence-electron chi connectivity index (χ1n) is 16.5. The van der Waals surface area contributed by atoms with E-state index in [1.54, 1.807) is 94.4 Å². The number of esters is 1. The van der Waals surface area contributed by atoms with Crippen molar-refractivity contribution < 1.29 is 33.3 Å². The molecule has 8 heteroatoms. The van der Waals surface area contributed by atoms with Crippen LogP contribution in [0.1, 0.15) is 96.7 Å². The Morgan fingerprint density at radius 1 is 0.809 bits per heavy atom. The van der Waals surface area contributed by atoms with Gasteiger partial charge in [-0.15, -0.1) is 0 Å². The summed E-state index contributed by atoms with van der Waals surface area (Å²) in [5, 5.41) is 0.761. The van der Waals surface area contributed by atoms with Crippen molar-refractivity contribution in [1.29, 1.82) is 0 Å². The lowest BCUT2D eigenvalue weighted by atomic mass is 9.76. The summed E-state index contributed by atoms with van der Waals surface area (Å²) in [6, 6.07) is 18.9. The normalized spacial score (nSPS) is 13.3. The van der Waals surface area contributed by atoms with Gasteiger partial charge in [0.1, 0.15) is 18.0 Å². The molecule has 0 aliphatic rings. The Hall–Kier alpha value is -3.96. The number of hydrogen-bond donors (Lipinski definition) is 0. The predicted molar refractivity (Wildman–Crippen MR) is 186 cm³/mol. The van der Waals surface area contributed by atoms with Gasteiger partial charge in [-0.1, -0.05) is 99.8 Å². The van der Waals surface area contributed by atoms with Gasteiger partial charge in [-0.05, 0) is 57.2 Å². The maximum Gasteiger partial charge on any atom is 0.316 e. The van der Waals surface area contributed by atoms with E-state index >= 15 is 0 Å². The summed E-state index contributed by atoms with van der Waals surface area (Å²) in [7, 11) is -3.88. The molecular formula is C39H47O7P. The fraction of sp³-hybridized carbons (Fsp3) is 0.410. The second kappa shape index (κ2) is 17.3. The third-order valence-electron chi connectivity index (χ3n) is 8.95. The minimum atomic E-state index is -3.88. The highest BCUT2D eigenvalue weighted by Crippen LogP contribution is 2.48. The van der Waals surface area contributed by atoms with Crippen LogP contribution in [0.25, 0.3) is 0 Å². The molecule has 250 valence electrons. The van der Waals surface area contributed by atoms with Crippen molar-refractivity contribution in [3.63, 3.8) is 0 Å². The minimum Gasteiger partial charge on any atom is -0.465 e. The molecule has 0 aliphatic carbocycles. The summed E-state index contributed by atoms with van der Waals surface area (Å²) < 4.78 is 20.1. The third-order valence-corrected chi connectivity index (χ3v) is 11.8. The van der Waals surface area contributed by atoms with E-state index in [1.165, 1.54) is 0 Å². The Bertz CT molecular complexity index is 1580. The SMILES string of the molecule is CCCCCC(CC)C(=O)C(CC(=O)c1c(C)cc(C)c(C(=O)P(=O)(c2ccccc2)c2ccccc2)c1C)C(C=O)C(=O)OCC. The van der Waals surface area contributed by atoms with Gasteiger partial charge in [0.05, 0.1) is 6.61 Å². The van der Waals surface area contributed by atoms with Crippen molar-refractivity contribution in [2.75, 3.05) is 6.61 Å². The van der Waals surface area contributed by atoms with Gasteiger partial charge in [0.25, 0.3) is 0 Å². The van der Waals surface area contributed by atoms with Gasteiger partial charge < -0.3 is 14.1 Å². The van der Waals surface area contributed by atoms with E-state index in [0.717, 1.165) is 19.3 Å². The summed E-state index contributed by atoms with van der Waals surface area (Å²) in [5.74, 6) is -4.69. The Morgan fingerprint density at radius 3 is 1.85 bits per heavy atom. The van der Waals surface area contributed by atoms with Crippen molar-refractivity contribution in [2.24, 2.45) is 17.8 Å². The second-order valence-electron chi connectivity index (χ2n) is 12.1. The van der Waals surface area contributed by atoms with Crippen molar-refractivity contribution >= 4 is 47.1 Å². The number of carbonyl (C=O) groups excluding carboxylic acids is 5. The summed E-state index contributed by atoms with van der Waals surface area (Å²) in [6.45, 7) is 10.7. The lowest BCUT2D eigenvalue weighted by molar-refractivity contribution is -0.154. The van der Waals surface area contributed by atoms with Crippen LogP contribution in [0.2, 0.25) is 0 Å². The molecule has 0 saturated heterocycles. The summed E-state index contributed by atoms with van der Waals surface area (Å²) in [5.41, 5.74) is 1.31. The molecular weight excluding hydrogens is 611 g/mol. The molecule has 0 aliphatic heterocycles. The van der Waals surface area contributed by atoms with Gasteiger partial charge >= 0.3 is 5.97 Å². The standard InChI is InChI=1S/C39H47O7P/c1-7-10-13-18-29(8-2)37(42)32(33(25-40)38(43)46-9-3)24-34(41)35-26(4)23-27(5)36(28(35)6)39(44)47(45,30-19-14-11-15-20-30)31-21-16-12-17-22-31/h11-12,14-17,19-23,25,29,32-33H,7-10,13,18,24H2,1-6H3. The zero-order chi connectivity index (χ0) is 34.7. The molecule has 7 nitrogen and oxygen atoms in total. The van der Waals surface area contributed by atoms with Gasteiger partial charge in [0, 0.05) is 40.0 Å². The molecule has 3 aromatic carbocycles. The maximum absolute atomic E-state index is 15.0. The lowest BCUT2D eigenvalue weighted by Crippen LogP contribution is -2.37. The molecule has 0 heterocycles. The number of carbonyl (C=O) groups is 5. The largest absolute Gasteiger partial charge is 0.465 e. The molecule has 0 radical (unpaired) electrons. The molecule has 0 amide bonds. The Labute approximate surface area is 278 Å². The monoisotopic (exact) mass is 658 g/mol. The highest BCUT2D eigenvalue weighted by molar-refractivity contribution is 7.93. The Balaban J connectivity index is 2.15. The summed E-state index contributed by atoms with van der Waals surface area (Å²) in [4.78, 5) is 68.0. The van der Waals surface area contributed by atoms with Crippen LogP contribution in [0.5, 0.6) is 0 Å². The van der Waals surface area contributed by atoms with Crippen LogP contribution >= 0.6 is 7.14 Å². The van der Waals surface area contributed by atoms with Crippen LogP contribution in [0, 0.1) is 38.5 Å². The van der Waals surface area contributed by atoms with Crippen LogP contribution < -0.4 is 10.6 Å². The van der Waals surface area contributed by atoms with Crippen molar-refractivity contribution in [3.8, 4) is 0 Å². The van der Waals surface area contributed by atoms with Gasteiger partial charge in [0.15, 0.2) is 5.78 Å². The van der Waals surface area contributed by atoms with Crippen LogP contribution in [0.15, 0.2) is 66.7 Å². The molecule has 0 spiro atoms. The Morgan fingerprint density at radius 2 is 1.36 bits per heavy atom. The highest BCUT2D eigenvalue weighted by atomic mass is 31.2. The van der Waals surface area contributed by atoms with Crippen LogP contribution in [0.4, 0.5) is 0 Å². The zero-order valence-electron chi connectivity index (χ0n) is 28.4. The number of hydrogen-bond acceptors (Lipinski definition) is 7. The first-order valence-corrected chi connectivity index (χ1v) is 18.2. The van der Waals surface area contributed by atoms with E-state index in [4.69, 9.17) is 4.74 Å². The predicted octanol–water partition coefficient (Wildman–Crippen LogP) is 7.51. The fourth-order valence-electron chi connectivity index (χ4n) is 6.51. The van der Waals surface area contributed by atoms with Crippen molar-refractivity contribution in [3.05, 3.63) is 94.5 Å². The van der Waals surface area contributed by atoms with E-state index in [9.17, 15) is 28.5 Å². The number of rotatable bonds is 18. The van der Waals surface area contributed by atoms with E-state index in [-0.39, 0.29) is 23.5 Å². The maximum atomic E-state index is 15.0. The Kier molecular flexibility index (Phi) is 13.8. The molecule has 0 fully saturated rings. The molecule has 0 bridgehead atoms. The van der Waals surface area contributed by atoms with E-state index in [1.807, 2.05) is 6.92 Å². The van der Waals surface area contributed by atoms with E-state index in [0.29, 0.717) is 46.4 Å². The highest BCUT2D eigenvalue weighted by Gasteiger charge is 2.41. The number of aldehydes is 1. The van der Waals surface area contributed by atoms with Gasteiger partial charge in [-0.25, -0.2) is 0 Å². The van der Waals surface area contributed by atoms with Crippen molar-refractivity contribution in [1.82, 2.24) is 0 Å². The molecule has 3 aromatic rings. The van der Waals surface area contributed by atoms with Crippen molar-refractivity contribution in [2.45, 2.75) is 80.1 Å². The molecule has 47 heavy (non-hydrogen) atoms. The first kappa shape index (κ1) is 37.5. The van der Waals surface area contributed by atoms with Crippen LogP contribution in [0.3, 0.4) is 0 Å². The summed E-state index contributed by atoms with van der Waals surface area (Å²) >= 11 is 0. The smallest absolute Gasteiger partial charge is 0.316 e. The molecule has 0 aromatic heterocycles. The number of benzene rings is 3.